The predicted octanol–water partition coefficient (Wildman–Crippen LogP) is 4.28. The first-order chi connectivity index (χ1) is 14.1. The van der Waals surface area contributed by atoms with Crippen molar-refractivity contribution < 1.29 is 18.7 Å². The standard InChI is InChI=1S/C22H17ClN2O4/c23-17-6-2-1-4-14(17)13-20-22(27)25-18-12-15(7-8-19(18)29-20)21(26)24-10-9-16-5-3-11-28-16/h1-8,11-13H,9-10H2,(H,24,26)(H,25,27). The number of anilines is 1. The van der Waals surface area contributed by atoms with Gasteiger partial charge in [-0.1, -0.05) is 29.8 Å². The van der Waals surface area contributed by atoms with Crippen molar-refractivity contribution in [2.24, 2.45) is 0 Å². The Morgan fingerprint density at radius 3 is 2.79 bits per heavy atom. The molecule has 2 aromatic carbocycles. The highest BCUT2D eigenvalue weighted by atomic mass is 35.5. The van der Waals surface area contributed by atoms with E-state index in [1.807, 2.05) is 18.2 Å². The molecule has 0 unspecified atom stereocenters. The Hall–Kier alpha value is -3.51. The maximum absolute atomic E-state index is 12.4. The van der Waals surface area contributed by atoms with Crippen LogP contribution in [0.1, 0.15) is 21.7 Å². The number of nitrogens with one attached hydrogen (secondary N) is 2. The molecule has 4 rings (SSSR count). The topological polar surface area (TPSA) is 80.6 Å². The Bertz CT molecular complexity index is 1090. The van der Waals surface area contributed by atoms with Gasteiger partial charge in [-0.25, -0.2) is 0 Å². The zero-order valence-electron chi connectivity index (χ0n) is 15.3. The monoisotopic (exact) mass is 408 g/mol. The normalized spacial score (nSPS) is 14.1. The van der Waals surface area contributed by atoms with Crippen LogP contribution in [0.2, 0.25) is 5.02 Å². The summed E-state index contributed by atoms with van der Waals surface area (Å²) in [6.45, 7) is 0.441. The van der Waals surface area contributed by atoms with Gasteiger partial charge >= 0.3 is 0 Å². The first kappa shape index (κ1) is 18.8. The minimum absolute atomic E-state index is 0.126. The van der Waals surface area contributed by atoms with Crippen LogP contribution in [0.15, 0.2) is 71.0 Å². The summed E-state index contributed by atoms with van der Waals surface area (Å²) in [4.78, 5) is 24.8. The number of ether oxygens (including phenoxy) is 1. The molecule has 0 aliphatic carbocycles. The Morgan fingerprint density at radius 2 is 2.00 bits per heavy atom. The van der Waals surface area contributed by atoms with Gasteiger partial charge in [0, 0.05) is 23.6 Å². The van der Waals surface area contributed by atoms with E-state index in [0.717, 1.165) is 5.76 Å². The molecule has 146 valence electrons. The number of hydrogen-bond donors (Lipinski definition) is 2. The molecule has 3 aromatic rings. The number of amides is 2. The van der Waals surface area contributed by atoms with Crippen LogP contribution in [0.4, 0.5) is 5.69 Å². The van der Waals surface area contributed by atoms with Crippen molar-refractivity contribution in [2.45, 2.75) is 6.42 Å². The number of hydrogen-bond acceptors (Lipinski definition) is 4. The van der Waals surface area contributed by atoms with E-state index in [1.54, 1.807) is 48.7 Å². The van der Waals surface area contributed by atoms with Gasteiger partial charge in [0.15, 0.2) is 11.5 Å². The smallest absolute Gasteiger partial charge is 0.291 e. The lowest BCUT2D eigenvalue weighted by Crippen LogP contribution is -2.27. The minimum Gasteiger partial charge on any atom is -0.469 e. The highest BCUT2D eigenvalue weighted by molar-refractivity contribution is 6.32. The number of carbonyl (C=O) groups excluding carboxylic acids is 2. The van der Waals surface area contributed by atoms with Crippen molar-refractivity contribution in [1.82, 2.24) is 5.32 Å². The van der Waals surface area contributed by atoms with Crippen molar-refractivity contribution >= 4 is 35.2 Å². The number of halogens is 1. The molecular formula is C22H17ClN2O4. The average molecular weight is 409 g/mol. The van der Waals surface area contributed by atoms with Crippen LogP contribution in [0.5, 0.6) is 5.75 Å². The minimum atomic E-state index is -0.409. The average Bonchev–Trinajstić information content (AvgIpc) is 3.23. The summed E-state index contributed by atoms with van der Waals surface area (Å²) in [6, 6.07) is 15.7. The van der Waals surface area contributed by atoms with Crippen LogP contribution < -0.4 is 15.4 Å². The second kappa shape index (κ2) is 8.24. The van der Waals surface area contributed by atoms with Gasteiger partial charge in [-0.05, 0) is 48.0 Å². The van der Waals surface area contributed by atoms with E-state index in [-0.39, 0.29) is 11.7 Å². The fourth-order valence-electron chi connectivity index (χ4n) is 2.89. The van der Waals surface area contributed by atoms with Gasteiger partial charge in [0.2, 0.25) is 0 Å². The summed E-state index contributed by atoms with van der Waals surface area (Å²) in [5.74, 6) is 0.726. The molecule has 1 aliphatic heterocycles. The Labute approximate surface area is 172 Å². The lowest BCUT2D eigenvalue weighted by Gasteiger charge is -2.20. The van der Waals surface area contributed by atoms with Gasteiger partial charge < -0.3 is 19.8 Å². The molecule has 6 nitrogen and oxygen atoms in total. The Kier molecular flexibility index (Phi) is 5.35. The highest BCUT2D eigenvalue weighted by Crippen LogP contribution is 2.33. The van der Waals surface area contributed by atoms with Gasteiger partial charge in [0.1, 0.15) is 5.76 Å². The molecule has 0 radical (unpaired) electrons. The molecule has 0 saturated carbocycles. The van der Waals surface area contributed by atoms with E-state index >= 15 is 0 Å². The summed E-state index contributed by atoms with van der Waals surface area (Å²) in [5, 5.41) is 6.09. The summed E-state index contributed by atoms with van der Waals surface area (Å²) in [5.41, 5.74) is 1.53. The number of fused-ring (bicyclic) bond motifs is 1. The third kappa shape index (κ3) is 4.33. The molecule has 1 aliphatic rings. The van der Waals surface area contributed by atoms with E-state index in [4.69, 9.17) is 20.8 Å². The van der Waals surface area contributed by atoms with Crippen molar-refractivity contribution in [2.75, 3.05) is 11.9 Å². The molecule has 29 heavy (non-hydrogen) atoms. The van der Waals surface area contributed by atoms with E-state index in [0.29, 0.717) is 40.6 Å². The molecule has 0 saturated heterocycles. The van der Waals surface area contributed by atoms with E-state index in [2.05, 4.69) is 10.6 Å². The van der Waals surface area contributed by atoms with Crippen LogP contribution in [-0.2, 0) is 11.2 Å². The fourth-order valence-corrected chi connectivity index (χ4v) is 3.08. The number of rotatable bonds is 5. The largest absolute Gasteiger partial charge is 0.469 e. The molecule has 0 bridgehead atoms. The van der Waals surface area contributed by atoms with Gasteiger partial charge in [0.25, 0.3) is 11.8 Å². The second-order valence-corrected chi connectivity index (χ2v) is 6.79. The SMILES string of the molecule is O=C1Nc2cc(C(=O)NCCc3ccco3)ccc2OC1=Cc1ccccc1Cl. The second-order valence-electron chi connectivity index (χ2n) is 6.38. The summed E-state index contributed by atoms with van der Waals surface area (Å²) in [7, 11) is 0. The first-order valence-corrected chi connectivity index (χ1v) is 9.38. The Morgan fingerprint density at radius 1 is 1.14 bits per heavy atom. The summed E-state index contributed by atoms with van der Waals surface area (Å²) < 4.78 is 11.0. The van der Waals surface area contributed by atoms with Gasteiger partial charge in [0.05, 0.1) is 12.0 Å². The van der Waals surface area contributed by atoms with Crippen molar-refractivity contribution in [3.63, 3.8) is 0 Å². The number of benzene rings is 2. The predicted molar refractivity (Wildman–Crippen MR) is 110 cm³/mol. The number of furan rings is 1. The molecule has 1 aromatic heterocycles. The lowest BCUT2D eigenvalue weighted by molar-refractivity contribution is -0.115. The quantitative estimate of drug-likeness (QED) is 0.617. The zero-order chi connectivity index (χ0) is 20.2. The van der Waals surface area contributed by atoms with Crippen LogP contribution >= 0.6 is 11.6 Å². The van der Waals surface area contributed by atoms with Gasteiger partial charge in [-0.3, -0.25) is 9.59 Å². The third-order valence-corrected chi connectivity index (χ3v) is 4.71. The van der Waals surface area contributed by atoms with Crippen LogP contribution in [-0.4, -0.2) is 18.4 Å². The Balaban J connectivity index is 1.46. The molecule has 7 heteroatoms. The van der Waals surface area contributed by atoms with E-state index < -0.39 is 5.91 Å². The van der Waals surface area contributed by atoms with Crippen LogP contribution in [0.25, 0.3) is 6.08 Å². The van der Waals surface area contributed by atoms with Gasteiger partial charge in [-0.2, -0.15) is 0 Å². The molecule has 0 spiro atoms. The van der Waals surface area contributed by atoms with Crippen LogP contribution in [0, 0.1) is 0 Å². The highest BCUT2D eigenvalue weighted by Gasteiger charge is 2.23. The van der Waals surface area contributed by atoms with E-state index in [1.165, 1.54) is 0 Å². The molecule has 2 amide bonds. The molecule has 2 heterocycles. The van der Waals surface area contributed by atoms with Gasteiger partial charge in [-0.15, -0.1) is 0 Å². The zero-order valence-corrected chi connectivity index (χ0v) is 16.0. The summed E-state index contributed by atoms with van der Waals surface area (Å²) in [6.07, 6.45) is 3.77. The molecular weight excluding hydrogens is 392 g/mol. The molecule has 2 N–H and O–H groups in total. The van der Waals surface area contributed by atoms with Crippen LogP contribution in [0.3, 0.4) is 0 Å². The number of carbonyl (C=O) groups is 2. The third-order valence-electron chi connectivity index (χ3n) is 4.36. The van der Waals surface area contributed by atoms with Crippen molar-refractivity contribution in [3.05, 3.63) is 88.5 Å². The van der Waals surface area contributed by atoms with Crippen molar-refractivity contribution in [3.8, 4) is 5.75 Å². The maximum atomic E-state index is 12.4. The lowest BCUT2D eigenvalue weighted by atomic mass is 10.1. The maximum Gasteiger partial charge on any atom is 0.291 e. The van der Waals surface area contributed by atoms with E-state index in [9.17, 15) is 9.59 Å². The fraction of sp³-hybridized carbons (Fsp3) is 0.0909. The molecule has 0 fully saturated rings. The molecule has 0 atom stereocenters. The first-order valence-electron chi connectivity index (χ1n) is 9.00. The van der Waals surface area contributed by atoms with Crippen molar-refractivity contribution in [1.29, 1.82) is 0 Å². The summed E-state index contributed by atoms with van der Waals surface area (Å²) >= 11 is 6.14.